The fourth-order valence-corrected chi connectivity index (χ4v) is 4.24. The Kier molecular flexibility index (Phi) is 9.21. The molecule has 2 N–H and O–H groups in total. The third kappa shape index (κ3) is 7.54. The molecule has 0 bridgehead atoms. The minimum Gasteiger partial charge on any atom is -0.356 e. The molecule has 1 fully saturated rings. The summed E-state index contributed by atoms with van der Waals surface area (Å²) in [6.45, 7) is 8.83. The highest BCUT2D eigenvalue weighted by molar-refractivity contribution is 7.98. The predicted octanol–water partition coefficient (Wildman–Crippen LogP) is 2.88. The highest BCUT2D eigenvalue weighted by Gasteiger charge is 2.20. The molecular weight excluding hydrogens is 406 g/mol. The number of nitrogens with zero attached hydrogens (tertiary/aromatic N) is 5. The lowest BCUT2D eigenvalue weighted by molar-refractivity contribution is 0.198. The van der Waals surface area contributed by atoms with E-state index < -0.39 is 0 Å². The third-order valence-electron chi connectivity index (χ3n) is 5.80. The van der Waals surface area contributed by atoms with E-state index in [1.54, 1.807) is 0 Å². The second-order valence-electron chi connectivity index (χ2n) is 8.34. The van der Waals surface area contributed by atoms with Crippen molar-refractivity contribution in [3.8, 4) is 0 Å². The van der Waals surface area contributed by atoms with Crippen LogP contribution in [0.1, 0.15) is 42.0 Å². The molecule has 7 nitrogen and oxygen atoms in total. The Hall–Kier alpha value is -2.06. The van der Waals surface area contributed by atoms with Gasteiger partial charge in [-0.3, -0.25) is 4.90 Å². The van der Waals surface area contributed by atoms with Gasteiger partial charge in [-0.1, -0.05) is 29.8 Å². The van der Waals surface area contributed by atoms with Crippen molar-refractivity contribution in [1.82, 2.24) is 30.3 Å². The van der Waals surface area contributed by atoms with Crippen molar-refractivity contribution in [2.45, 2.75) is 52.2 Å². The normalized spacial score (nSPS) is 15.9. The van der Waals surface area contributed by atoms with E-state index in [-0.39, 0.29) is 0 Å². The molecule has 0 spiro atoms. The highest BCUT2D eigenvalue weighted by Crippen LogP contribution is 2.15. The van der Waals surface area contributed by atoms with Gasteiger partial charge >= 0.3 is 0 Å². The Balaban J connectivity index is 1.52. The average Bonchev–Trinajstić information content (AvgIpc) is 3.08. The first-order valence-corrected chi connectivity index (χ1v) is 12.6. The Morgan fingerprint density at radius 3 is 2.71 bits per heavy atom. The average molecular weight is 444 g/mol. The minimum absolute atomic E-state index is 0.446. The van der Waals surface area contributed by atoms with Crippen LogP contribution in [0.3, 0.4) is 0 Å². The molecule has 1 aliphatic rings. The van der Waals surface area contributed by atoms with E-state index in [0.717, 1.165) is 68.8 Å². The van der Waals surface area contributed by atoms with Crippen LogP contribution in [0.4, 0.5) is 0 Å². The standard InChI is InChI=1S/C23H37N7S/c1-18-7-5-8-20(15-18)17-30-12-9-21(10-13-30)26-23(24-11-6-14-31-4)25-16-22-28-27-19(2)29(22)3/h5,7-8,15,21H,6,9-14,16-17H2,1-4H3,(H2,24,25,26). The molecule has 31 heavy (non-hydrogen) atoms. The van der Waals surface area contributed by atoms with Crippen molar-refractivity contribution in [1.29, 1.82) is 0 Å². The number of benzene rings is 1. The maximum atomic E-state index is 4.81. The summed E-state index contributed by atoms with van der Waals surface area (Å²) < 4.78 is 2.00. The molecule has 3 rings (SSSR count). The van der Waals surface area contributed by atoms with Crippen LogP contribution in [0.25, 0.3) is 0 Å². The van der Waals surface area contributed by atoms with E-state index in [1.807, 2.05) is 30.3 Å². The van der Waals surface area contributed by atoms with Gasteiger partial charge in [0.15, 0.2) is 11.8 Å². The summed E-state index contributed by atoms with van der Waals surface area (Å²) >= 11 is 1.88. The van der Waals surface area contributed by atoms with Crippen molar-refractivity contribution in [3.05, 3.63) is 47.0 Å². The molecule has 0 unspecified atom stereocenters. The molecule has 0 atom stereocenters. The van der Waals surface area contributed by atoms with Crippen LogP contribution in [0.15, 0.2) is 29.3 Å². The lowest BCUT2D eigenvalue weighted by atomic mass is 10.0. The van der Waals surface area contributed by atoms with Crippen molar-refractivity contribution in [3.63, 3.8) is 0 Å². The monoisotopic (exact) mass is 443 g/mol. The van der Waals surface area contributed by atoms with Crippen LogP contribution in [0.2, 0.25) is 0 Å². The Morgan fingerprint density at radius 1 is 1.23 bits per heavy atom. The van der Waals surface area contributed by atoms with Gasteiger partial charge in [0.25, 0.3) is 0 Å². The summed E-state index contributed by atoms with van der Waals surface area (Å²) in [4.78, 5) is 7.36. The van der Waals surface area contributed by atoms with E-state index >= 15 is 0 Å². The molecule has 1 saturated heterocycles. The quantitative estimate of drug-likeness (QED) is 0.353. The second kappa shape index (κ2) is 12.1. The first-order valence-electron chi connectivity index (χ1n) is 11.2. The Morgan fingerprint density at radius 2 is 2.03 bits per heavy atom. The van der Waals surface area contributed by atoms with E-state index in [4.69, 9.17) is 4.99 Å². The number of aromatic nitrogens is 3. The number of hydrogen-bond donors (Lipinski definition) is 2. The maximum absolute atomic E-state index is 4.81. The molecule has 0 aliphatic carbocycles. The number of guanidine groups is 1. The molecule has 2 aromatic rings. The van der Waals surface area contributed by atoms with Crippen LogP contribution in [0.5, 0.6) is 0 Å². The van der Waals surface area contributed by atoms with Gasteiger partial charge in [0.05, 0.1) is 0 Å². The number of hydrogen-bond acceptors (Lipinski definition) is 5. The molecule has 0 radical (unpaired) electrons. The molecule has 8 heteroatoms. The number of rotatable bonds is 9. The van der Waals surface area contributed by atoms with Gasteiger partial charge in [0.1, 0.15) is 12.4 Å². The zero-order valence-corrected chi connectivity index (χ0v) is 20.2. The van der Waals surface area contributed by atoms with Crippen molar-refractivity contribution in [2.75, 3.05) is 31.6 Å². The van der Waals surface area contributed by atoms with Crippen molar-refractivity contribution in [2.24, 2.45) is 12.0 Å². The van der Waals surface area contributed by atoms with Crippen LogP contribution in [0, 0.1) is 13.8 Å². The number of aryl methyl sites for hydroxylation is 2. The Labute approximate surface area is 191 Å². The summed E-state index contributed by atoms with van der Waals surface area (Å²) in [7, 11) is 1.99. The molecule has 0 saturated carbocycles. The molecule has 1 aromatic heterocycles. The topological polar surface area (TPSA) is 70.4 Å². The fourth-order valence-electron chi connectivity index (χ4n) is 3.81. The Bertz CT molecular complexity index is 840. The summed E-state index contributed by atoms with van der Waals surface area (Å²) in [5.74, 6) is 3.84. The van der Waals surface area contributed by atoms with E-state index in [1.165, 1.54) is 11.1 Å². The summed E-state index contributed by atoms with van der Waals surface area (Å²) in [6, 6.07) is 9.29. The fraction of sp³-hybridized carbons (Fsp3) is 0.609. The maximum Gasteiger partial charge on any atom is 0.191 e. The minimum atomic E-state index is 0.446. The van der Waals surface area contributed by atoms with Crippen molar-refractivity contribution < 1.29 is 0 Å². The van der Waals surface area contributed by atoms with Crippen LogP contribution in [-0.2, 0) is 20.1 Å². The summed E-state index contributed by atoms with van der Waals surface area (Å²) in [5.41, 5.74) is 2.74. The first kappa shape index (κ1) is 23.6. The lowest BCUT2D eigenvalue weighted by Gasteiger charge is -2.33. The van der Waals surface area contributed by atoms with Gasteiger partial charge in [-0.25, -0.2) is 4.99 Å². The van der Waals surface area contributed by atoms with Gasteiger partial charge in [-0.05, 0) is 50.7 Å². The van der Waals surface area contributed by atoms with Crippen LogP contribution >= 0.6 is 11.8 Å². The number of nitrogens with one attached hydrogen (secondary N) is 2. The number of thioether (sulfide) groups is 1. The van der Waals surface area contributed by atoms with Gasteiger partial charge < -0.3 is 15.2 Å². The smallest absolute Gasteiger partial charge is 0.191 e. The van der Waals surface area contributed by atoms with Gasteiger partial charge in [0, 0.05) is 39.3 Å². The van der Waals surface area contributed by atoms with E-state index in [9.17, 15) is 0 Å². The van der Waals surface area contributed by atoms with Crippen molar-refractivity contribution >= 4 is 17.7 Å². The lowest BCUT2D eigenvalue weighted by Crippen LogP contribution is -2.48. The molecule has 1 aromatic carbocycles. The van der Waals surface area contributed by atoms with E-state index in [2.05, 4.69) is 63.2 Å². The molecule has 0 amide bonds. The van der Waals surface area contributed by atoms with E-state index in [0.29, 0.717) is 12.6 Å². The summed E-state index contributed by atoms with van der Waals surface area (Å²) in [5, 5.41) is 15.6. The van der Waals surface area contributed by atoms with Gasteiger partial charge in [0.2, 0.25) is 0 Å². The SMILES string of the molecule is CSCCCNC(=NCc1nnc(C)n1C)NC1CCN(Cc2cccc(C)c2)CC1. The summed E-state index contributed by atoms with van der Waals surface area (Å²) in [6.07, 6.45) is 5.52. The number of piperidine rings is 1. The van der Waals surface area contributed by atoms with Gasteiger partial charge in [-0.2, -0.15) is 11.8 Å². The molecular formula is C23H37N7S. The van der Waals surface area contributed by atoms with Crippen LogP contribution < -0.4 is 10.6 Å². The number of aliphatic imine (C=N–C) groups is 1. The molecule has 2 heterocycles. The van der Waals surface area contributed by atoms with Gasteiger partial charge in [-0.15, -0.1) is 10.2 Å². The highest BCUT2D eigenvalue weighted by atomic mass is 32.2. The predicted molar refractivity (Wildman–Crippen MR) is 130 cm³/mol. The zero-order valence-electron chi connectivity index (χ0n) is 19.4. The third-order valence-corrected chi connectivity index (χ3v) is 6.49. The zero-order chi connectivity index (χ0) is 22.1. The van der Waals surface area contributed by atoms with Crippen LogP contribution in [-0.4, -0.2) is 63.3 Å². The largest absolute Gasteiger partial charge is 0.356 e. The molecule has 1 aliphatic heterocycles. The molecule has 170 valence electrons. The first-order chi connectivity index (χ1) is 15.0. The second-order valence-corrected chi connectivity index (χ2v) is 9.33. The number of likely N-dealkylation sites (tertiary alicyclic amines) is 1.